The Kier molecular flexibility index (Phi) is 5.50. The number of hydrogen-bond donors (Lipinski definition) is 1. The van der Waals surface area contributed by atoms with Gasteiger partial charge in [-0.15, -0.1) is 0 Å². The predicted molar refractivity (Wildman–Crippen MR) is 74.8 cm³/mol. The van der Waals surface area contributed by atoms with E-state index in [1.807, 2.05) is 0 Å². The molecule has 0 aromatic heterocycles. The molecule has 0 saturated carbocycles. The van der Waals surface area contributed by atoms with Gasteiger partial charge in [0.15, 0.2) is 0 Å². The number of halogens is 1. The van der Waals surface area contributed by atoms with Crippen LogP contribution in [0.2, 0.25) is 0 Å². The van der Waals surface area contributed by atoms with Crippen LogP contribution in [0.4, 0.5) is 0 Å². The van der Waals surface area contributed by atoms with Crippen molar-refractivity contribution in [2.45, 2.75) is 33.6 Å². The van der Waals surface area contributed by atoms with Gasteiger partial charge < -0.3 is 5.32 Å². The molecule has 1 aromatic rings. The van der Waals surface area contributed by atoms with Gasteiger partial charge in [-0.3, -0.25) is 0 Å². The summed E-state index contributed by atoms with van der Waals surface area (Å²) < 4.78 is 1.17. The van der Waals surface area contributed by atoms with E-state index in [1.54, 1.807) is 0 Å². The lowest BCUT2D eigenvalue weighted by atomic mass is 9.83. The second kappa shape index (κ2) is 6.41. The first kappa shape index (κ1) is 13.7. The van der Waals surface area contributed by atoms with Crippen LogP contribution >= 0.6 is 15.9 Å². The van der Waals surface area contributed by atoms with Crippen molar-refractivity contribution in [3.05, 3.63) is 34.3 Å². The minimum absolute atomic E-state index is 0.364. The van der Waals surface area contributed by atoms with E-state index in [-0.39, 0.29) is 0 Å². The van der Waals surface area contributed by atoms with Crippen LogP contribution in [0.5, 0.6) is 0 Å². The van der Waals surface area contributed by atoms with E-state index in [1.165, 1.54) is 16.5 Å². The van der Waals surface area contributed by atoms with Gasteiger partial charge in [0.05, 0.1) is 0 Å². The van der Waals surface area contributed by atoms with Crippen molar-refractivity contribution in [3.8, 4) is 0 Å². The van der Waals surface area contributed by atoms with E-state index < -0.39 is 0 Å². The Morgan fingerprint density at radius 3 is 2.69 bits per heavy atom. The summed E-state index contributed by atoms with van der Waals surface area (Å²) in [5.74, 6) is 0. The first-order valence-corrected chi connectivity index (χ1v) is 6.78. The zero-order valence-electron chi connectivity index (χ0n) is 10.5. The Labute approximate surface area is 108 Å². The Morgan fingerprint density at radius 2 is 2.06 bits per heavy atom. The molecule has 2 heteroatoms. The fourth-order valence-corrected chi connectivity index (χ4v) is 2.34. The summed E-state index contributed by atoms with van der Waals surface area (Å²) >= 11 is 3.52. The lowest BCUT2D eigenvalue weighted by molar-refractivity contribution is 0.327. The van der Waals surface area contributed by atoms with Crippen LogP contribution in [0.25, 0.3) is 0 Å². The maximum atomic E-state index is 3.52. The molecule has 1 nitrogen and oxygen atoms in total. The second-order valence-electron chi connectivity index (χ2n) is 5.07. The zero-order valence-corrected chi connectivity index (χ0v) is 12.1. The molecule has 1 N–H and O–H groups in total. The summed E-state index contributed by atoms with van der Waals surface area (Å²) in [6.45, 7) is 9.00. The van der Waals surface area contributed by atoms with E-state index in [0.717, 1.165) is 19.5 Å². The van der Waals surface area contributed by atoms with Gasteiger partial charge in [0.1, 0.15) is 0 Å². The van der Waals surface area contributed by atoms with Gasteiger partial charge in [0.2, 0.25) is 0 Å². The first-order chi connectivity index (χ1) is 7.53. The molecular formula is C14H22BrN. The van der Waals surface area contributed by atoms with Crippen LogP contribution in [0, 0.1) is 5.41 Å². The van der Waals surface area contributed by atoms with Crippen molar-refractivity contribution in [2.75, 3.05) is 13.1 Å². The van der Waals surface area contributed by atoms with E-state index in [9.17, 15) is 0 Å². The smallest absolute Gasteiger partial charge is 0.0177 e. The molecule has 1 aromatic carbocycles. The summed E-state index contributed by atoms with van der Waals surface area (Å²) in [7, 11) is 0. The van der Waals surface area contributed by atoms with Crippen LogP contribution in [0.15, 0.2) is 28.7 Å². The van der Waals surface area contributed by atoms with Crippen LogP contribution in [0.1, 0.15) is 32.8 Å². The van der Waals surface area contributed by atoms with Crippen LogP contribution < -0.4 is 5.32 Å². The average Bonchev–Trinajstić information content (AvgIpc) is 2.17. The molecule has 16 heavy (non-hydrogen) atoms. The maximum Gasteiger partial charge on any atom is 0.0177 e. The van der Waals surface area contributed by atoms with Crippen molar-refractivity contribution in [2.24, 2.45) is 5.41 Å². The van der Waals surface area contributed by atoms with Gasteiger partial charge in [0.25, 0.3) is 0 Å². The average molecular weight is 284 g/mol. The van der Waals surface area contributed by atoms with Gasteiger partial charge in [-0.05, 0) is 49.0 Å². The molecule has 90 valence electrons. The SMILES string of the molecule is CCNCCC(C)(C)Cc1cccc(Br)c1. The van der Waals surface area contributed by atoms with Crippen molar-refractivity contribution in [1.82, 2.24) is 5.32 Å². The van der Waals surface area contributed by atoms with Crippen molar-refractivity contribution in [1.29, 1.82) is 0 Å². The van der Waals surface area contributed by atoms with Crippen molar-refractivity contribution >= 4 is 15.9 Å². The van der Waals surface area contributed by atoms with E-state index in [2.05, 4.69) is 66.3 Å². The molecule has 0 fully saturated rings. The molecule has 0 spiro atoms. The van der Waals surface area contributed by atoms with Gasteiger partial charge in [0, 0.05) is 4.47 Å². The van der Waals surface area contributed by atoms with E-state index in [4.69, 9.17) is 0 Å². The largest absolute Gasteiger partial charge is 0.317 e. The minimum Gasteiger partial charge on any atom is -0.317 e. The van der Waals surface area contributed by atoms with Crippen LogP contribution in [0.3, 0.4) is 0 Å². The van der Waals surface area contributed by atoms with Crippen LogP contribution in [-0.2, 0) is 6.42 Å². The van der Waals surface area contributed by atoms with Crippen molar-refractivity contribution < 1.29 is 0 Å². The molecule has 0 aliphatic rings. The summed E-state index contributed by atoms with van der Waals surface area (Å²) in [4.78, 5) is 0. The monoisotopic (exact) mass is 283 g/mol. The lowest BCUT2D eigenvalue weighted by Crippen LogP contribution is -2.23. The molecule has 1 rings (SSSR count). The number of hydrogen-bond acceptors (Lipinski definition) is 1. The van der Waals surface area contributed by atoms with Crippen molar-refractivity contribution in [3.63, 3.8) is 0 Å². The summed E-state index contributed by atoms with van der Waals surface area (Å²) in [5, 5.41) is 3.39. The third-order valence-corrected chi connectivity index (χ3v) is 3.29. The fraction of sp³-hybridized carbons (Fsp3) is 0.571. The van der Waals surface area contributed by atoms with Gasteiger partial charge in [-0.1, -0.05) is 48.8 Å². The molecule has 0 atom stereocenters. The highest BCUT2D eigenvalue weighted by molar-refractivity contribution is 9.10. The highest BCUT2D eigenvalue weighted by Gasteiger charge is 2.17. The summed E-state index contributed by atoms with van der Waals surface area (Å²) in [6.07, 6.45) is 2.35. The standard InChI is InChI=1S/C14H22BrN/c1-4-16-9-8-14(2,3)11-12-6-5-7-13(15)10-12/h5-7,10,16H,4,8-9,11H2,1-3H3. The predicted octanol–water partition coefficient (Wildman–Crippen LogP) is 4.02. The molecule has 0 bridgehead atoms. The zero-order chi connectivity index (χ0) is 12.0. The molecule has 0 amide bonds. The Morgan fingerprint density at radius 1 is 1.31 bits per heavy atom. The Bertz CT molecular complexity index is 320. The lowest BCUT2D eigenvalue weighted by Gasteiger charge is -2.25. The van der Waals surface area contributed by atoms with E-state index >= 15 is 0 Å². The van der Waals surface area contributed by atoms with Gasteiger partial charge in [-0.2, -0.15) is 0 Å². The quantitative estimate of drug-likeness (QED) is 0.778. The number of benzene rings is 1. The minimum atomic E-state index is 0.364. The molecule has 0 heterocycles. The summed E-state index contributed by atoms with van der Waals surface area (Å²) in [5.41, 5.74) is 1.78. The normalized spacial score (nSPS) is 11.8. The second-order valence-corrected chi connectivity index (χ2v) is 5.99. The maximum absolute atomic E-state index is 3.52. The highest BCUT2D eigenvalue weighted by atomic mass is 79.9. The summed E-state index contributed by atoms with van der Waals surface area (Å²) in [6, 6.07) is 8.61. The Balaban J connectivity index is 2.51. The molecule has 0 saturated heterocycles. The first-order valence-electron chi connectivity index (χ1n) is 5.99. The molecular weight excluding hydrogens is 262 g/mol. The highest BCUT2D eigenvalue weighted by Crippen LogP contribution is 2.26. The molecule has 0 radical (unpaired) electrons. The number of nitrogens with one attached hydrogen (secondary N) is 1. The Hall–Kier alpha value is -0.340. The fourth-order valence-electron chi connectivity index (χ4n) is 1.89. The number of rotatable bonds is 6. The molecule has 0 aliphatic heterocycles. The van der Waals surface area contributed by atoms with E-state index in [0.29, 0.717) is 5.41 Å². The third-order valence-electron chi connectivity index (χ3n) is 2.80. The topological polar surface area (TPSA) is 12.0 Å². The van der Waals surface area contributed by atoms with Gasteiger partial charge >= 0.3 is 0 Å². The van der Waals surface area contributed by atoms with Crippen LogP contribution in [-0.4, -0.2) is 13.1 Å². The molecule has 0 aliphatic carbocycles. The molecule has 0 unspecified atom stereocenters. The van der Waals surface area contributed by atoms with Gasteiger partial charge in [-0.25, -0.2) is 0 Å². The third kappa shape index (κ3) is 5.13.